The molecule has 1 aliphatic rings. The molecular weight excluding hydrogens is 366 g/mol. The minimum Gasteiger partial charge on any atom is -0.478 e. The van der Waals surface area contributed by atoms with Gasteiger partial charge in [0.1, 0.15) is 5.75 Å². The predicted octanol–water partition coefficient (Wildman–Crippen LogP) is 3.96. The topological polar surface area (TPSA) is 67.6 Å². The van der Waals surface area contributed by atoms with Gasteiger partial charge in [-0.1, -0.05) is 18.2 Å². The predicted molar refractivity (Wildman–Crippen MR) is 112 cm³/mol. The molecule has 1 aliphatic carbocycles. The van der Waals surface area contributed by atoms with E-state index in [1.807, 2.05) is 30.7 Å². The minimum absolute atomic E-state index is 0.137. The van der Waals surface area contributed by atoms with E-state index in [4.69, 9.17) is 4.74 Å². The van der Waals surface area contributed by atoms with Crippen LogP contribution in [0.3, 0.4) is 0 Å². The first-order chi connectivity index (χ1) is 13.9. The van der Waals surface area contributed by atoms with Gasteiger partial charge in [-0.3, -0.25) is 0 Å². The molecule has 3 aromatic rings. The molecule has 1 aromatic heterocycles. The van der Waals surface area contributed by atoms with E-state index in [1.165, 1.54) is 5.56 Å². The van der Waals surface area contributed by atoms with Crippen LogP contribution in [0.15, 0.2) is 55.1 Å². The average molecular weight is 393 g/mol. The number of nitrogens with zero attached hydrogens (tertiary/aromatic N) is 3. The Morgan fingerprint density at radius 3 is 2.52 bits per heavy atom. The highest BCUT2D eigenvalue weighted by Crippen LogP contribution is 2.38. The molecular formula is C23H27N3O3. The summed E-state index contributed by atoms with van der Waals surface area (Å²) in [6.07, 6.45) is 7.68. The summed E-state index contributed by atoms with van der Waals surface area (Å²) in [7, 11) is 4.16. The quantitative estimate of drug-likeness (QED) is 0.658. The zero-order valence-corrected chi connectivity index (χ0v) is 17.1. The molecule has 0 spiro atoms. The molecule has 0 radical (unpaired) electrons. The lowest BCUT2D eigenvalue weighted by molar-refractivity contribution is -0.163. The fourth-order valence-electron chi connectivity index (χ4n) is 3.99. The van der Waals surface area contributed by atoms with Crippen molar-refractivity contribution in [2.45, 2.75) is 43.9 Å². The molecule has 6 heteroatoms. The molecule has 1 N–H and O–H groups in total. The number of hydrogen-bond acceptors (Lipinski definition) is 4. The maximum absolute atomic E-state index is 11.6. The van der Waals surface area contributed by atoms with Crippen molar-refractivity contribution in [3.8, 4) is 5.75 Å². The summed E-state index contributed by atoms with van der Waals surface area (Å²) in [5.41, 5.74) is 0.146. The van der Waals surface area contributed by atoms with Crippen molar-refractivity contribution in [3.63, 3.8) is 0 Å². The molecule has 2 aromatic carbocycles. The number of rotatable bonds is 7. The lowest BCUT2D eigenvalue weighted by atomic mass is 9.80. The van der Waals surface area contributed by atoms with Crippen LogP contribution >= 0.6 is 0 Å². The summed E-state index contributed by atoms with van der Waals surface area (Å²) in [6, 6.07) is 12.6. The summed E-state index contributed by atoms with van der Waals surface area (Å²) in [6.45, 7) is 2.20. The van der Waals surface area contributed by atoms with Gasteiger partial charge in [-0.2, -0.15) is 0 Å². The highest BCUT2D eigenvalue weighted by Gasteiger charge is 2.47. The van der Waals surface area contributed by atoms with Crippen molar-refractivity contribution >= 4 is 16.7 Å². The lowest BCUT2D eigenvalue weighted by Crippen LogP contribution is -2.50. The largest absolute Gasteiger partial charge is 0.478 e. The van der Waals surface area contributed by atoms with Crippen molar-refractivity contribution in [2.75, 3.05) is 14.1 Å². The first kappa shape index (κ1) is 19.5. The van der Waals surface area contributed by atoms with Crippen LogP contribution in [-0.2, 0) is 4.79 Å². The van der Waals surface area contributed by atoms with Crippen molar-refractivity contribution < 1.29 is 14.6 Å². The van der Waals surface area contributed by atoms with Crippen LogP contribution in [0.2, 0.25) is 0 Å². The van der Waals surface area contributed by atoms with Gasteiger partial charge in [0.15, 0.2) is 0 Å². The first-order valence-corrected chi connectivity index (χ1v) is 10.00. The highest BCUT2D eigenvalue weighted by atomic mass is 16.5. The fraction of sp³-hybridized carbons (Fsp3) is 0.391. The Hall–Kier alpha value is -2.86. The third-order valence-electron chi connectivity index (χ3n) is 6.16. The van der Waals surface area contributed by atoms with E-state index >= 15 is 0 Å². The maximum Gasteiger partial charge on any atom is 0.348 e. The Balaban J connectivity index is 1.66. The minimum atomic E-state index is -1.05. The highest BCUT2D eigenvalue weighted by molar-refractivity contribution is 5.85. The number of carboxylic acids is 1. The number of aromatic nitrogens is 2. The van der Waals surface area contributed by atoms with E-state index in [-0.39, 0.29) is 12.1 Å². The first-order valence-electron chi connectivity index (χ1n) is 10.00. The molecule has 1 saturated carbocycles. The number of carboxylic acid groups (broad SMARTS) is 1. The van der Waals surface area contributed by atoms with Gasteiger partial charge in [0.05, 0.1) is 12.4 Å². The Kier molecular flexibility index (Phi) is 5.04. The molecule has 0 bridgehead atoms. The van der Waals surface area contributed by atoms with Crippen LogP contribution < -0.4 is 4.74 Å². The van der Waals surface area contributed by atoms with E-state index in [1.54, 1.807) is 6.20 Å². The summed E-state index contributed by atoms with van der Waals surface area (Å²) >= 11 is 0. The van der Waals surface area contributed by atoms with Gasteiger partial charge in [0.25, 0.3) is 0 Å². The number of benzene rings is 2. The molecule has 4 rings (SSSR count). The number of hydrogen-bond donors (Lipinski definition) is 1. The van der Waals surface area contributed by atoms with Gasteiger partial charge in [-0.25, -0.2) is 9.78 Å². The molecule has 0 saturated heterocycles. The zero-order valence-electron chi connectivity index (χ0n) is 17.1. The van der Waals surface area contributed by atoms with Gasteiger partial charge >= 0.3 is 5.97 Å². The van der Waals surface area contributed by atoms with Gasteiger partial charge in [-0.05, 0) is 74.8 Å². The molecule has 2 unspecified atom stereocenters. The second kappa shape index (κ2) is 7.52. The van der Waals surface area contributed by atoms with E-state index in [0.717, 1.165) is 17.2 Å². The Bertz CT molecular complexity index is 1010. The summed E-state index contributed by atoms with van der Waals surface area (Å²) in [5.74, 6) is -0.264. The number of ether oxygens (including phenoxy) is 1. The summed E-state index contributed by atoms with van der Waals surface area (Å²) in [5, 5.41) is 11.6. The molecule has 6 nitrogen and oxygen atoms in total. The number of aliphatic carboxylic acids is 1. The average Bonchev–Trinajstić information content (AvgIpc) is 3.18. The standard InChI is InChI=1S/C23H27N3O3/c1-16(25(2)3)21(26-12-11-24-15-26)19-6-5-18-14-20(8-7-17(18)13-19)29-23(22(27)28)9-4-10-23/h5-8,11-16,21H,4,9-10H2,1-3H3,(H,27,28). The molecule has 0 aliphatic heterocycles. The van der Waals surface area contributed by atoms with Gasteiger partial charge in [0.2, 0.25) is 5.60 Å². The molecule has 1 fully saturated rings. The van der Waals surface area contributed by atoms with Crippen molar-refractivity contribution in [1.82, 2.24) is 14.5 Å². The van der Waals surface area contributed by atoms with Crippen LogP contribution in [0.5, 0.6) is 5.75 Å². The number of likely N-dealkylation sites (N-methyl/N-ethyl adjacent to an activating group) is 1. The zero-order chi connectivity index (χ0) is 20.6. The second-order valence-electron chi connectivity index (χ2n) is 8.18. The van der Waals surface area contributed by atoms with Crippen LogP contribution in [0.4, 0.5) is 0 Å². The van der Waals surface area contributed by atoms with Crippen molar-refractivity contribution in [1.29, 1.82) is 0 Å². The molecule has 29 heavy (non-hydrogen) atoms. The van der Waals surface area contributed by atoms with E-state index < -0.39 is 11.6 Å². The third-order valence-corrected chi connectivity index (χ3v) is 6.16. The monoisotopic (exact) mass is 393 g/mol. The number of carbonyl (C=O) groups is 1. The van der Waals surface area contributed by atoms with Crippen LogP contribution in [0.25, 0.3) is 10.8 Å². The van der Waals surface area contributed by atoms with Gasteiger partial charge in [-0.15, -0.1) is 0 Å². The maximum atomic E-state index is 11.6. The van der Waals surface area contributed by atoms with E-state index in [9.17, 15) is 9.90 Å². The Morgan fingerprint density at radius 1 is 1.21 bits per heavy atom. The Labute approximate surface area is 170 Å². The second-order valence-corrected chi connectivity index (χ2v) is 8.18. The van der Waals surface area contributed by atoms with Gasteiger partial charge in [0, 0.05) is 18.4 Å². The normalized spacial score (nSPS) is 17.7. The number of imidazole rings is 1. The van der Waals surface area contributed by atoms with Crippen LogP contribution in [0, 0.1) is 0 Å². The number of fused-ring (bicyclic) bond motifs is 1. The SMILES string of the molecule is CC(C(c1ccc2cc(OC3(C(=O)O)CCC3)ccc2c1)n1ccnc1)N(C)C. The smallest absolute Gasteiger partial charge is 0.348 e. The van der Waals surface area contributed by atoms with Crippen LogP contribution in [0.1, 0.15) is 37.8 Å². The molecule has 152 valence electrons. The Morgan fingerprint density at radius 2 is 1.93 bits per heavy atom. The van der Waals surface area contributed by atoms with Gasteiger partial charge < -0.3 is 19.3 Å². The summed E-state index contributed by atoms with van der Waals surface area (Å²) in [4.78, 5) is 18.0. The molecule has 1 heterocycles. The van der Waals surface area contributed by atoms with E-state index in [2.05, 4.69) is 53.7 Å². The molecule has 2 atom stereocenters. The lowest BCUT2D eigenvalue weighted by Gasteiger charge is -2.37. The van der Waals surface area contributed by atoms with Crippen molar-refractivity contribution in [3.05, 3.63) is 60.7 Å². The molecule has 0 amide bonds. The summed E-state index contributed by atoms with van der Waals surface area (Å²) < 4.78 is 8.03. The third kappa shape index (κ3) is 3.60. The van der Waals surface area contributed by atoms with Crippen molar-refractivity contribution in [2.24, 2.45) is 0 Å². The fourth-order valence-corrected chi connectivity index (χ4v) is 3.99. The van der Waals surface area contributed by atoms with Crippen LogP contribution in [-0.4, -0.2) is 51.3 Å². The van der Waals surface area contributed by atoms with E-state index in [0.29, 0.717) is 18.6 Å².